The molecule has 3 rings (SSSR count). The molecule has 0 aromatic heterocycles. The molecule has 3 N–H and O–H groups in total. The van der Waals surface area contributed by atoms with Crippen molar-refractivity contribution in [2.45, 2.75) is 57.7 Å². The first kappa shape index (κ1) is 24.8. The van der Waals surface area contributed by atoms with Gasteiger partial charge < -0.3 is 20.2 Å². The minimum Gasteiger partial charge on any atom is -0.494 e. The molecule has 0 unspecified atom stereocenters. The summed E-state index contributed by atoms with van der Waals surface area (Å²) >= 11 is 0. The van der Waals surface area contributed by atoms with Crippen molar-refractivity contribution in [3.05, 3.63) is 29.8 Å². The van der Waals surface area contributed by atoms with E-state index < -0.39 is 40.0 Å². The van der Waals surface area contributed by atoms with Crippen LogP contribution in [0.3, 0.4) is 0 Å². The minimum atomic E-state index is -3.68. The Morgan fingerprint density at radius 1 is 1.10 bits per heavy atom. The van der Waals surface area contributed by atoms with E-state index in [9.17, 15) is 22.8 Å². The molecule has 1 aromatic carbocycles. The molecule has 0 aliphatic carbocycles. The predicted molar refractivity (Wildman–Crippen MR) is 116 cm³/mol. The Labute approximate surface area is 183 Å². The van der Waals surface area contributed by atoms with Crippen molar-refractivity contribution in [3.63, 3.8) is 0 Å². The molecule has 31 heavy (non-hydrogen) atoms. The molecule has 172 valence electrons. The summed E-state index contributed by atoms with van der Waals surface area (Å²) in [6.45, 7) is 3.99. The van der Waals surface area contributed by atoms with Crippen molar-refractivity contribution in [1.82, 2.24) is 15.4 Å². The molecule has 1 aromatic rings. The van der Waals surface area contributed by atoms with Crippen LogP contribution in [0.4, 0.5) is 0 Å². The molecule has 3 atom stereocenters. The normalized spacial score (nSPS) is 24.1. The standard InChI is InChI=1S/C21H31N3O6S/c1-14(2)19-21(27)22-16(13-25)6-4-5-11-30-17-9-7-15(8-10-17)12-18(20(26)23-19)24-31(3,28)29/h7-10,13-14,16,18-19,24H,4-6,11-12H2,1-3H3,(H,22,27)(H,23,26)/t16-,18-,19-/m0/s1. The number of amides is 2. The SMILES string of the molecule is CC(C)[C@@H]1NC(=O)[C@@H](NS(C)(=O)=O)Cc2ccc(cc2)OCCCC[C@@H](C=O)NC1=O. The average Bonchev–Trinajstić information content (AvgIpc) is 2.69. The zero-order chi connectivity index (χ0) is 23.0. The first-order valence-corrected chi connectivity index (χ1v) is 12.2. The fraction of sp³-hybridized carbons (Fsp3) is 0.571. The van der Waals surface area contributed by atoms with E-state index in [1.165, 1.54) is 0 Å². The summed E-state index contributed by atoms with van der Waals surface area (Å²) in [4.78, 5) is 37.1. The van der Waals surface area contributed by atoms with Gasteiger partial charge in [0.05, 0.1) is 18.9 Å². The van der Waals surface area contributed by atoms with E-state index in [1.54, 1.807) is 38.1 Å². The Hall–Kier alpha value is -2.46. The van der Waals surface area contributed by atoms with Gasteiger partial charge in [0.25, 0.3) is 0 Å². The maximum atomic E-state index is 12.9. The highest BCUT2D eigenvalue weighted by atomic mass is 32.2. The van der Waals surface area contributed by atoms with Gasteiger partial charge in [0, 0.05) is 0 Å². The molecule has 2 heterocycles. The third kappa shape index (κ3) is 8.29. The molecule has 0 saturated heterocycles. The minimum absolute atomic E-state index is 0.0998. The molecule has 10 heteroatoms. The van der Waals surface area contributed by atoms with Crippen molar-refractivity contribution >= 4 is 28.1 Å². The molecule has 0 spiro atoms. The third-order valence-electron chi connectivity index (χ3n) is 4.95. The Bertz CT molecular complexity index is 870. The Kier molecular flexibility index (Phi) is 9.00. The second-order valence-electron chi connectivity index (χ2n) is 8.12. The third-order valence-corrected chi connectivity index (χ3v) is 5.67. The fourth-order valence-corrected chi connectivity index (χ4v) is 4.00. The summed E-state index contributed by atoms with van der Waals surface area (Å²) < 4.78 is 31.7. The number of hydrogen-bond acceptors (Lipinski definition) is 6. The van der Waals surface area contributed by atoms with Crippen molar-refractivity contribution in [3.8, 4) is 5.75 Å². The van der Waals surface area contributed by atoms with Gasteiger partial charge >= 0.3 is 0 Å². The van der Waals surface area contributed by atoms with Crippen LogP contribution < -0.4 is 20.1 Å². The van der Waals surface area contributed by atoms with Gasteiger partial charge in [-0.25, -0.2) is 13.1 Å². The smallest absolute Gasteiger partial charge is 0.243 e. The van der Waals surface area contributed by atoms with Gasteiger partial charge in [-0.1, -0.05) is 26.0 Å². The molecular weight excluding hydrogens is 422 g/mol. The van der Waals surface area contributed by atoms with Crippen LogP contribution in [-0.4, -0.2) is 57.5 Å². The van der Waals surface area contributed by atoms with Crippen LogP contribution in [0.25, 0.3) is 0 Å². The first-order valence-electron chi connectivity index (χ1n) is 10.3. The predicted octanol–water partition coefficient (Wildman–Crippen LogP) is 0.534. The van der Waals surface area contributed by atoms with Gasteiger partial charge in [-0.05, 0) is 49.3 Å². The maximum absolute atomic E-state index is 12.9. The molecule has 9 nitrogen and oxygen atoms in total. The van der Waals surface area contributed by atoms with Crippen LogP contribution in [0.2, 0.25) is 0 Å². The van der Waals surface area contributed by atoms with Gasteiger partial charge in [-0.15, -0.1) is 0 Å². The molecular formula is C21H31N3O6S. The number of nitrogens with one attached hydrogen (secondary N) is 3. The van der Waals surface area contributed by atoms with Crippen molar-refractivity contribution in [1.29, 1.82) is 0 Å². The fourth-order valence-electron chi connectivity index (χ4n) is 3.30. The van der Waals surface area contributed by atoms with E-state index in [0.29, 0.717) is 37.9 Å². The van der Waals surface area contributed by atoms with Crippen molar-refractivity contribution in [2.75, 3.05) is 12.9 Å². The molecule has 0 radical (unpaired) electrons. The van der Waals surface area contributed by atoms with Gasteiger partial charge in [-0.3, -0.25) is 9.59 Å². The first-order chi connectivity index (χ1) is 14.6. The highest BCUT2D eigenvalue weighted by molar-refractivity contribution is 7.88. The second kappa shape index (κ2) is 11.2. The Balaban J connectivity index is 2.33. The quantitative estimate of drug-likeness (QED) is 0.570. The number of benzene rings is 1. The molecule has 0 saturated carbocycles. The van der Waals surface area contributed by atoms with Crippen LogP contribution in [-0.2, 0) is 30.8 Å². The van der Waals surface area contributed by atoms with Gasteiger partial charge in [-0.2, -0.15) is 0 Å². The number of fused-ring (bicyclic) bond motifs is 14. The summed E-state index contributed by atoms with van der Waals surface area (Å²) in [5.74, 6) is -0.718. The van der Waals surface area contributed by atoms with Crippen LogP contribution in [0.15, 0.2) is 24.3 Å². The van der Waals surface area contributed by atoms with Crippen LogP contribution in [0, 0.1) is 5.92 Å². The Morgan fingerprint density at radius 3 is 2.35 bits per heavy atom. The van der Waals surface area contributed by atoms with Crippen LogP contribution in [0.5, 0.6) is 5.75 Å². The number of carbonyl (C=O) groups excluding carboxylic acids is 3. The van der Waals surface area contributed by atoms with E-state index in [2.05, 4.69) is 15.4 Å². The topological polar surface area (TPSA) is 131 Å². The zero-order valence-electron chi connectivity index (χ0n) is 18.1. The summed E-state index contributed by atoms with van der Waals surface area (Å²) in [5.41, 5.74) is 0.736. The van der Waals surface area contributed by atoms with Crippen LogP contribution in [0.1, 0.15) is 38.7 Å². The lowest BCUT2D eigenvalue weighted by Gasteiger charge is -2.26. The van der Waals surface area contributed by atoms with Crippen LogP contribution >= 0.6 is 0 Å². The lowest BCUT2D eigenvalue weighted by atomic mass is 10.0. The maximum Gasteiger partial charge on any atom is 0.243 e. The molecule has 2 aliphatic rings. The monoisotopic (exact) mass is 453 g/mol. The zero-order valence-corrected chi connectivity index (χ0v) is 18.9. The molecule has 0 fully saturated rings. The molecule has 2 amide bonds. The van der Waals surface area contributed by atoms with Gasteiger partial charge in [0.2, 0.25) is 21.8 Å². The van der Waals surface area contributed by atoms with E-state index >= 15 is 0 Å². The highest BCUT2D eigenvalue weighted by Crippen LogP contribution is 2.15. The Morgan fingerprint density at radius 2 is 1.77 bits per heavy atom. The van der Waals surface area contributed by atoms with Gasteiger partial charge in [0.15, 0.2) is 0 Å². The summed E-state index contributed by atoms with van der Waals surface area (Å²) in [6, 6.07) is 4.37. The largest absolute Gasteiger partial charge is 0.494 e. The lowest BCUT2D eigenvalue weighted by molar-refractivity contribution is -0.131. The van der Waals surface area contributed by atoms with E-state index in [0.717, 1.165) is 11.8 Å². The van der Waals surface area contributed by atoms with Crippen molar-refractivity contribution in [2.24, 2.45) is 5.92 Å². The number of sulfonamides is 1. The number of rotatable bonds is 4. The summed E-state index contributed by atoms with van der Waals surface area (Å²) in [5, 5.41) is 5.32. The number of aldehydes is 1. The van der Waals surface area contributed by atoms with E-state index in [1.807, 2.05) is 0 Å². The van der Waals surface area contributed by atoms with E-state index in [4.69, 9.17) is 4.74 Å². The van der Waals surface area contributed by atoms with Gasteiger partial charge in [0.1, 0.15) is 24.1 Å². The number of ether oxygens (including phenoxy) is 1. The lowest BCUT2D eigenvalue weighted by Crippen LogP contribution is -2.57. The van der Waals surface area contributed by atoms with Crippen molar-refractivity contribution < 1.29 is 27.5 Å². The molecule has 2 bridgehead atoms. The second-order valence-corrected chi connectivity index (χ2v) is 9.90. The number of carbonyl (C=O) groups is 3. The number of hydrogen-bond donors (Lipinski definition) is 3. The highest BCUT2D eigenvalue weighted by Gasteiger charge is 2.30. The average molecular weight is 454 g/mol. The summed E-state index contributed by atoms with van der Waals surface area (Å²) in [7, 11) is -3.68. The molecule has 2 aliphatic heterocycles. The summed E-state index contributed by atoms with van der Waals surface area (Å²) in [6.07, 6.45) is 3.60. The van der Waals surface area contributed by atoms with E-state index in [-0.39, 0.29) is 12.3 Å².